The standard InChI is InChI=1S/C11H24N2O2S/c1-10(2)7-16(14,15)13-9-11(3)5-4-6-12-8-11/h10,12-13H,4-9H2,1-3H3. The molecule has 96 valence electrons. The van der Waals surface area contributed by atoms with Crippen molar-refractivity contribution in [3.8, 4) is 0 Å². The summed E-state index contributed by atoms with van der Waals surface area (Å²) in [7, 11) is -3.10. The topological polar surface area (TPSA) is 58.2 Å². The first-order chi connectivity index (χ1) is 7.33. The molecule has 0 radical (unpaired) electrons. The number of sulfonamides is 1. The van der Waals surface area contributed by atoms with Crippen LogP contribution in [0.15, 0.2) is 0 Å². The molecule has 2 N–H and O–H groups in total. The van der Waals surface area contributed by atoms with Crippen LogP contribution in [0.5, 0.6) is 0 Å². The summed E-state index contributed by atoms with van der Waals surface area (Å²) < 4.78 is 26.1. The van der Waals surface area contributed by atoms with Gasteiger partial charge in [0.15, 0.2) is 0 Å². The summed E-state index contributed by atoms with van der Waals surface area (Å²) in [6.45, 7) is 8.48. The lowest BCUT2D eigenvalue weighted by molar-refractivity contribution is 0.238. The first-order valence-electron chi connectivity index (χ1n) is 6.01. The second-order valence-corrected chi connectivity index (χ2v) is 7.44. The minimum atomic E-state index is -3.10. The van der Waals surface area contributed by atoms with Crippen LogP contribution in [0.2, 0.25) is 0 Å². The average Bonchev–Trinajstić information content (AvgIpc) is 2.15. The van der Waals surface area contributed by atoms with Crippen LogP contribution in [0.1, 0.15) is 33.6 Å². The zero-order valence-electron chi connectivity index (χ0n) is 10.5. The van der Waals surface area contributed by atoms with Gasteiger partial charge in [-0.2, -0.15) is 0 Å². The van der Waals surface area contributed by atoms with E-state index >= 15 is 0 Å². The summed E-state index contributed by atoms with van der Waals surface area (Å²) in [5.41, 5.74) is 0.0717. The lowest BCUT2D eigenvalue weighted by Crippen LogP contribution is -2.46. The van der Waals surface area contributed by atoms with Gasteiger partial charge in [-0.15, -0.1) is 0 Å². The predicted molar refractivity (Wildman–Crippen MR) is 66.8 cm³/mol. The molecule has 1 rings (SSSR count). The van der Waals surface area contributed by atoms with Crippen LogP contribution >= 0.6 is 0 Å². The van der Waals surface area contributed by atoms with Gasteiger partial charge in [0, 0.05) is 13.1 Å². The molecule has 16 heavy (non-hydrogen) atoms. The van der Waals surface area contributed by atoms with Crippen molar-refractivity contribution in [3.05, 3.63) is 0 Å². The third-order valence-corrected chi connectivity index (χ3v) is 4.65. The normalized spacial score (nSPS) is 27.2. The van der Waals surface area contributed by atoms with Gasteiger partial charge in [0.25, 0.3) is 0 Å². The first-order valence-corrected chi connectivity index (χ1v) is 7.66. The van der Waals surface area contributed by atoms with Crippen molar-refractivity contribution in [2.45, 2.75) is 33.6 Å². The number of piperidine rings is 1. The van der Waals surface area contributed by atoms with Gasteiger partial charge in [-0.3, -0.25) is 0 Å². The van der Waals surface area contributed by atoms with Crippen LogP contribution in [-0.2, 0) is 10.0 Å². The maximum atomic E-state index is 11.7. The lowest BCUT2D eigenvalue weighted by atomic mass is 9.83. The molecular formula is C11H24N2O2S. The molecule has 5 heteroatoms. The molecule has 0 aromatic rings. The molecule has 1 saturated heterocycles. The highest BCUT2D eigenvalue weighted by Gasteiger charge is 2.28. The molecule has 1 heterocycles. The van der Waals surface area contributed by atoms with E-state index in [9.17, 15) is 8.42 Å². The van der Waals surface area contributed by atoms with Gasteiger partial charge >= 0.3 is 0 Å². The monoisotopic (exact) mass is 248 g/mol. The molecule has 4 nitrogen and oxygen atoms in total. The van der Waals surface area contributed by atoms with E-state index in [0.29, 0.717) is 6.54 Å². The van der Waals surface area contributed by atoms with Crippen LogP contribution in [-0.4, -0.2) is 33.8 Å². The summed E-state index contributed by atoms with van der Waals surface area (Å²) in [5.74, 6) is 0.394. The molecule has 0 aromatic carbocycles. The quantitative estimate of drug-likeness (QED) is 0.761. The molecule has 1 aliphatic heterocycles. The van der Waals surface area contributed by atoms with E-state index in [0.717, 1.165) is 25.9 Å². The van der Waals surface area contributed by atoms with Gasteiger partial charge in [0.05, 0.1) is 5.75 Å². The predicted octanol–water partition coefficient (Wildman–Crippen LogP) is 0.952. The van der Waals surface area contributed by atoms with Crippen molar-refractivity contribution in [3.63, 3.8) is 0 Å². The Balaban J connectivity index is 2.43. The van der Waals surface area contributed by atoms with Crippen molar-refractivity contribution < 1.29 is 8.42 Å². The van der Waals surface area contributed by atoms with E-state index in [1.807, 2.05) is 13.8 Å². The first kappa shape index (κ1) is 13.9. The van der Waals surface area contributed by atoms with Gasteiger partial charge in [0.2, 0.25) is 10.0 Å². The van der Waals surface area contributed by atoms with Crippen molar-refractivity contribution in [1.29, 1.82) is 0 Å². The molecule has 1 aliphatic rings. The molecule has 0 saturated carbocycles. The molecule has 0 amide bonds. The maximum absolute atomic E-state index is 11.7. The fourth-order valence-electron chi connectivity index (χ4n) is 2.05. The Labute approximate surface area is 99.2 Å². The van der Waals surface area contributed by atoms with Crippen LogP contribution in [0.25, 0.3) is 0 Å². The molecular weight excluding hydrogens is 224 g/mol. The van der Waals surface area contributed by atoms with E-state index in [1.54, 1.807) is 0 Å². The van der Waals surface area contributed by atoms with E-state index in [-0.39, 0.29) is 17.1 Å². The zero-order chi connectivity index (χ0) is 12.2. The summed E-state index contributed by atoms with van der Waals surface area (Å²) in [6.07, 6.45) is 2.21. The Morgan fingerprint density at radius 1 is 1.44 bits per heavy atom. The average molecular weight is 248 g/mol. The molecule has 1 atom stereocenters. The summed E-state index contributed by atoms with van der Waals surface area (Å²) in [5, 5.41) is 3.32. The highest BCUT2D eigenvalue weighted by atomic mass is 32.2. The highest BCUT2D eigenvalue weighted by Crippen LogP contribution is 2.24. The summed E-state index contributed by atoms with van der Waals surface area (Å²) >= 11 is 0. The third-order valence-electron chi connectivity index (χ3n) is 2.96. The second kappa shape index (κ2) is 5.47. The van der Waals surface area contributed by atoms with E-state index in [2.05, 4.69) is 17.0 Å². The Kier molecular flexibility index (Phi) is 4.76. The lowest BCUT2D eigenvalue weighted by Gasteiger charge is -2.34. The Bertz CT molecular complexity index is 306. The smallest absolute Gasteiger partial charge is 0.211 e. The minimum Gasteiger partial charge on any atom is -0.316 e. The number of rotatable bonds is 5. The number of hydrogen-bond acceptors (Lipinski definition) is 3. The van der Waals surface area contributed by atoms with Crippen LogP contribution < -0.4 is 10.0 Å². The number of hydrogen-bond donors (Lipinski definition) is 2. The highest BCUT2D eigenvalue weighted by molar-refractivity contribution is 7.89. The van der Waals surface area contributed by atoms with Crippen molar-refractivity contribution in [2.75, 3.05) is 25.4 Å². The van der Waals surface area contributed by atoms with E-state index in [4.69, 9.17) is 0 Å². The Hall–Kier alpha value is -0.130. The summed E-state index contributed by atoms with van der Waals surface area (Å²) in [4.78, 5) is 0. The molecule has 0 aromatic heterocycles. The van der Waals surface area contributed by atoms with Gasteiger partial charge in [-0.1, -0.05) is 20.8 Å². The Morgan fingerprint density at radius 2 is 2.12 bits per heavy atom. The van der Waals surface area contributed by atoms with Crippen LogP contribution in [0, 0.1) is 11.3 Å². The van der Waals surface area contributed by atoms with Crippen LogP contribution in [0.3, 0.4) is 0 Å². The minimum absolute atomic E-state index is 0.0717. The largest absolute Gasteiger partial charge is 0.316 e. The van der Waals surface area contributed by atoms with Crippen molar-refractivity contribution >= 4 is 10.0 Å². The number of nitrogens with one attached hydrogen (secondary N) is 2. The van der Waals surface area contributed by atoms with Gasteiger partial charge in [0.1, 0.15) is 0 Å². The van der Waals surface area contributed by atoms with Crippen LogP contribution in [0.4, 0.5) is 0 Å². The fraction of sp³-hybridized carbons (Fsp3) is 1.00. The zero-order valence-corrected chi connectivity index (χ0v) is 11.4. The third kappa shape index (κ3) is 4.80. The molecule has 1 fully saturated rings. The van der Waals surface area contributed by atoms with E-state index < -0.39 is 10.0 Å². The van der Waals surface area contributed by atoms with Gasteiger partial charge in [-0.05, 0) is 30.7 Å². The molecule has 1 unspecified atom stereocenters. The Morgan fingerprint density at radius 3 is 2.62 bits per heavy atom. The maximum Gasteiger partial charge on any atom is 0.211 e. The van der Waals surface area contributed by atoms with Gasteiger partial charge in [-0.25, -0.2) is 13.1 Å². The van der Waals surface area contributed by atoms with E-state index in [1.165, 1.54) is 0 Å². The molecule has 0 bridgehead atoms. The van der Waals surface area contributed by atoms with Crippen molar-refractivity contribution in [2.24, 2.45) is 11.3 Å². The van der Waals surface area contributed by atoms with Crippen molar-refractivity contribution in [1.82, 2.24) is 10.0 Å². The SMILES string of the molecule is CC(C)CS(=O)(=O)NCC1(C)CCCNC1. The van der Waals surface area contributed by atoms with Gasteiger partial charge < -0.3 is 5.32 Å². The fourth-order valence-corrected chi connectivity index (χ4v) is 3.62. The second-order valence-electron chi connectivity index (χ2n) is 5.59. The summed E-state index contributed by atoms with van der Waals surface area (Å²) in [6, 6.07) is 0. The molecule has 0 spiro atoms. The molecule has 0 aliphatic carbocycles.